The molecule has 0 bridgehead atoms. The fourth-order valence-electron chi connectivity index (χ4n) is 3.58. The molecule has 1 aliphatic heterocycles. The van der Waals surface area contributed by atoms with E-state index in [2.05, 4.69) is 6.07 Å². The molecule has 0 amide bonds. The van der Waals surface area contributed by atoms with E-state index in [9.17, 15) is 14.4 Å². The van der Waals surface area contributed by atoms with Crippen molar-refractivity contribution in [2.45, 2.75) is 51.0 Å². The average molecular weight is 333 g/mol. The highest BCUT2D eigenvalue weighted by atomic mass is 19.1. The van der Waals surface area contributed by atoms with Crippen LogP contribution in [0.25, 0.3) is 0 Å². The van der Waals surface area contributed by atoms with E-state index < -0.39 is 22.9 Å². The standard InChI is InChI=1S/C19H24FNO3/c1-4-18(3)13-19(10-11-24-18,14-6-8-15(20)9-7-14)16(12-21)17(22)23-5-2/h6-9,16H,4-5,10-11,13H2,1-3H3/t16-,18+,19-/m1/s1. The predicted molar refractivity (Wildman–Crippen MR) is 87.7 cm³/mol. The Balaban J connectivity index is 2.54. The summed E-state index contributed by atoms with van der Waals surface area (Å²) in [6, 6.07) is 8.22. The topological polar surface area (TPSA) is 59.3 Å². The molecule has 24 heavy (non-hydrogen) atoms. The van der Waals surface area contributed by atoms with E-state index in [4.69, 9.17) is 9.47 Å². The number of halogens is 1. The van der Waals surface area contributed by atoms with Crippen LogP contribution in [0.4, 0.5) is 4.39 Å². The van der Waals surface area contributed by atoms with Gasteiger partial charge in [0.05, 0.1) is 18.3 Å². The lowest BCUT2D eigenvalue weighted by molar-refractivity contribution is -0.154. The zero-order chi connectivity index (χ0) is 17.8. The minimum Gasteiger partial charge on any atom is -0.465 e. The molecule has 1 aromatic rings. The van der Waals surface area contributed by atoms with Crippen LogP contribution in [0.5, 0.6) is 0 Å². The van der Waals surface area contributed by atoms with Crippen molar-refractivity contribution in [2.24, 2.45) is 5.92 Å². The number of esters is 1. The van der Waals surface area contributed by atoms with Gasteiger partial charge in [0.2, 0.25) is 0 Å². The molecule has 1 aliphatic rings. The highest BCUT2D eigenvalue weighted by Gasteiger charge is 2.51. The van der Waals surface area contributed by atoms with E-state index in [0.717, 1.165) is 12.0 Å². The number of ether oxygens (including phenoxy) is 2. The van der Waals surface area contributed by atoms with Crippen LogP contribution in [0.1, 0.15) is 45.6 Å². The largest absolute Gasteiger partial charge is 0.465 e. The Hall–Kier alpha value is -1.93. The lowest BCUT2D eigenvalue weighted by Crippen LogP contribution is -2.51. The second kappa shape index (κ2) is 7.31. The molecule has 0 saturated carbocycles. The van der Waals surface area contributed by atoms with Crippen LogP contribution in [0.15, 0.2) is 24.3 Å². The molecule has 0 radical (unpaired) electrons. The zero-order valence-corrected chi connectivity index (χ0v) is 14.5. The molecule has 5 heteroatoms. The van der Waals surface area contributed by atoms with Gasteiger partial charge in [0.15, 0.2) is 5.92 Å². The first-order chi connectivity index (χ1) is 11.4. The smallest absolute Gasteiger partial charge is 0.324 e. The summed E-state index contributed by atoms with van der Waals surface area (Å²) in [7, 11) is 0. The van der Waals surface area contributed by atoms with Crippen LogP contribution in [0.3, 0.4) is 0 Å². The summed E-state index contributed by atoms with van der Waals surface area (Å²) in [5, 5.41) is 9.73. The highest BCUT2D eigenvalue weighted by Crippen LogP contribution is 2.48. The number of carbonyl (C=O) groups excluding carboxylic acids is 1. The molecule has 0 unspecified atom stereocenters. The van der Waals surface area contributed by atoms with Crippen molar-refractivity contribution in [3.63, 3.8) is 0 Å². The second-order valence-electron chi connectivity index (χ2n) is 6.56. The molecule has 2 rings (SSSR count). The van der Waals surface area contributed by atoms with Gasteiger partial charge in [-0.15, -0.1) is 0 Å². The second-order valence-corrected chi connectivity index (χ2v) is 6.56. The average Bonchev–Trinajstić information content (AvgIpc) is 2.56. The van der Waals surface area contributed by atoms with E-state index in [1.54, 1.807) is 19.1 Å². The summed E-state index contributed by atoms with van der Waals surface area (Å²) in [6.45, 7) is 6.39. The van der Waals surface area contributed by atoms with Crippen LogP contribution in [-0.2, 0) is 19.7 Å². The van der Waals surface area contributed by atoms with E-state index in [1.165, 1.54) is 12.1 Å². The molecule has 1 aromatic carbocycles. The summed E-state index contributed by atoms with van der Waals surface area (Å²) in [6.07, 6.45) is 1.79. The Labute approximate surface area is 142 Å². The molecule has 0 spiro atoms. The minimum atomic E-state index is -0.947. The minimum absolute atomic E-state index is 0.220. The van der Waals surface area contributed by atoms with Crippen molar-refractivity contribution in [1.82, 2.24) is 0 Å². The Kier molecular flexibility index (Phi) is 5.61. The van der Waals surface area contributed by atoms with Crippen molar-refractivity contribution in [3.05, 3.63) is 35.6 Å². The summed E-state index contributed by atoms with van der Waals surface area (Å²) in [4.78, 5) is 12.5. The van der Waals surface area contributed by atoms with Crippen molar-refractivity contribution in [3.8, 4) is 6.07 Å². The van der Waals surface area contributed by atoms with Gasteiger partial charge in [0.25, 0.3) is 0 Å². The van der Waals surface area contributed by atoms with E-state index in [-0.39, 0.29) is 12.4 Å². The quantitative estimate of drug-likeness (QED) is 0.770. The number of carbonyl (C=O) groups is 1. The summed E-state index contributed by atoms with van der Waals surface area (Å²) < 4.78 is 24.4. The molecular formula is C19H24FNO3. The number of rotatable bonds is 5. The third-order valence-electron chi connectivity index (χ3n) is 5.06. The maximum absolute atomic E-state index is 13.4. The van der Waals surface area contributed by atoms with Gasteiger partial charge in [0.1, 0.15) is 5.82 Å². The molecular weight excluding hydrogens is 309 g/mol. The predicted octanol–water partition coefficient (Wildman–Crippen LogP) is 3.75. The first-order valence-electron chi connectivity index (χ1n) is 8.37. The fraction of sp³-hybridized carbons (Fsp3) is 0.579. The molecule has 0 aromatic heterocycles. The van der Waals surface area contributed by atoms with Crippen LogP contribution in [-0.4, -0.2) is 24.8 Å². The first-order valence-corrected chi connectivity index (χ1v) is 8.37. The maximum Gasteiger partial charge on any atom is 0.324 e. The Morgan fingerprint density at radius 1 is 1.42 bits per heavy atom. The molecule has 0 aliphatic carbocycles. The summed E-state index contributed by atoms with van der Waals surface area (Å²) >= 11 is 0. The molecule has 130 valence electrons. The van der Waals surface area contributed by atoms with Gasteiger partial charge in [-0.2, -0.15) is 5.26 Å². The number of nitriles is 1. The summed E-state index contributed by atoms with van der Waals surface area (Å²) in [5.41, 5.74) is -0.391. The Morgan fingerprint density at radius 2 is 2.08 bits per heavy atom. The van der Waals surface area contributed by atoms with Crippen LogP contribution in [0, 0.1) is 23.1 Å². The van der Waals surface area contributed by atoms with Crippen molar-refractivity contribution < 1.29 is 18.7 Å². The lowest BCUT2D eigenvalue weighted by atomic mass is 9.61. The molecule has 4 nitrogen and oxygen atoms in total. The van der Waals surface area contributed by atoms with Crippen LogP contribution < -0.4 is 0 Å². The van der Waals surface area contributed by atoms with E-state index in [0.29, 0.717) is 19.4 Å². The number of benzene rings is 1. The van der Waals surface area contributed by atoms with Crippen molar-refractivity contribution in [2.75, 3.05) is 13.2 Å². The lowest BCUT2D eigenvalue weighted by Gasteiger charge is -2.47. The van der Waals surface area contributed by atoms with Gasteiger partial charge >= 0.3 is 5.97 Å². The van der Waals surface area contributed by atoms with E-state index >= 15 is 0 Å². The van der Waals surface area contributed by atoms with Gasteiger partial charge in [-0.25, -0.2) is 4.39 Å². The molecule has 3 atom stereocenters. The van der Waals surface area contributed by atoms with Crippen LogP contribution >= 0.6 is 0 Å². The molecule has 1 heterocycles. The Morgan fingerprint density at radius 3 is 2.62 bits per heavy atom. The first kappa shape index (κ1) is 18.4. The van der Waals surface area contributed by atoms with E-state index in [1.807, 2.05) is 13.8 Å². The maximum atomic E-state index is 13.4. The van der Waals surface area contributed by atoms with Crippen molar-refractivity contribution in [1.29, 1.82) is 5.26 Å². The molecule has 1 saturated heterocycles. The third-order valence-corrected chi connectivity index (χ3v) is 5.06. The Bertz CT molecular complexity index is 624. The van der Waals surface area contributed by atoms with Gasteiger partial charge < -0.3 is 9.47 Å². The highest BCUT2D eigenvalue weighted by molar-refractivity contribution is 5.77. The summed E-state index contributed by atoms with van der Waals surface area (Å²) in [5.74, 6) is -1.81. The van der Waals surface area contributed by atoms with Gasteiger partial charge in [-0.3, -0.25) is 4.79 Å². The van der Waals surface area contributed by atoms with Gasteiger partial charge in [-0.1, -0.05) is 19.1 Å². The van der Waals surface area contributed by atoms with Gasteiger partial charge in [0, 0.05) is 12.0 Å². The number of hydrogen-bond acceptors (Lipinski definition) is 4. The number of hydrogen-bond donors (Lipinski definition) is 0. The molecule has 0 N–H and O–H groups in total. The van der Waals surface area contributed by atoms with Gasteiger partial charge in [-0.05, 0) is 50.8 Å². The third kappa shape index (κ3) is 3.44. The number of nitrogens with zero attached hydrogens (tertiary/aromatic N) is 1. The zero-order valence-electron chi connectivity index (χ0n) is 14.5. The normalized spacial score (nSPS) is 28.0. The van der Waals surface area contributed by atoms with Crippen LogP contribution in [0.2, 0.25) is 0 Å². The SMILES string of the molecule is CCOC(=O)[C@@H](C#N)[C@]1(c2ccc(F)cc2)CCO[C@@](C)(CC)C1. The monoisotopic (exact) mass is 333 g/mol. The molecule has 1 fully saturated rings. The fourth-order valence-corrected chi connectivity index (χ4v) is 3.58. The van der Waals surface area contributed by atoms with Crippen molar-refractivity contribution >= 4 is 5.97 Å².